The first-order valence-corrected chi connectivity index (χ1v) is 7.61. The fourth-order valence-corrected chi connectivity index (χ4v) is 1.97. The van der Waals surface area contributed by atoms with Crippen molar-refractivity contribution in [2.75, 3.05) is 7.11 Å². The van der Waals surface area contributed by atoms with E-state index in [0.717, 1.165) is 5.56 Å². The second-order valence-corrected chi connectivity index (χ2v) is 6.52. The van der Waals surface area contributed by atoms with Crippen LogP contribution in [0.5, 0.6) is 0 Å². The molecule has 6 nitrogen and oxygen atoms in total. The van der Waals surface area contributed by atoms with Gasteiger partial charge in [-0.25, -0.2) is 4.98 Å². The van der Waals surface area contributed by atoms with Gasteiger partial charge in [-0.2, -0.15) is 0 Å². The van der Waals surface area contributed by atoms with Crippen LogP contribution in [0.3, 0.4) is 0 Å². The van der Waals surface area contributed by atoms with Crippen molar-refractivity contribution >= 4 is 40.7 Å². The molecule has 1 unspecified atom stereocenters. The van der Waals surface area contributed by atoms with E-state index in [9.17, 15) is 9.59 Å². The summed E-state index contributed by atoms with van der Waals surface area (Å²) in [4.78, 5) is 28.0. The van der Waals surface area contributed by atoms with Gasteiger partial charge in [0.15, 0.2) is 0 Å². The van der Waals surface area contributed by atoms with E-state index in [1.54, 1.807) is 39.1 Å². The summed E-state index contributed by atoms with van der Waals surface area (Å²) in [7, 11) is 1.19. The molecule has 1 atom stereocenters. The van der Waals surface area contributed by atoms with E-state index >= 15 is 0 Å². The minimum absolute atomic E-state index is 0.0288. The number of esters is 2. The maximum absolute atomic E-state index is 12.2. The fraction of sp³-hybridized carbons (Fsp3) is 0.467. The Hall–Kier alpha value is -1.73. The van der Waals surface area contributed by atoms with E-state index in [-0.39, 0.29) is 4.99 Å². The number of nitrogens with one attached hydrogen (secondary N) is 1. The van der Waals surface area contributed by atoms with Gasteiger partial charge in [0.1, 0.15) is 15.7 Å². The first-order chi connectivity index (χ1) is 10.6. The molecule has 8 heteroatoms. The Labute approximate surface area is 145 Å². The van der Waals surface area contributed by atoms with Gasteiger partial charge in [-0.05, 0) is 32.4 Å². The number of pyridine rings is 1. The predicted molar refractivity (Wildman–Crippen MR) is 90.0 cm³/mol. The summed E-state index contributed by atoms with van der Waals surface area (Å²) < 4.78 is 9.85. The van der Waals surface area contributed by atoms with Gasteiger partial charge in [-0.3, -0.25) is 9.59 Å². The van der Waals surface area contributed by atoms with Gasteiger partial charge in [-0.1, -0.05) is 29.9 Å². The van der Waals surface area contributed by atoms with E-state index in [2.05, 4.69) is 15.0 Å². The number of ether oxygens (including phenoxy) is 2. The second kappa shape index (κ2) is 8.21. The number of nitrogens with zero attached hydrogens (tertiary/aromatic N) is 1. The number of carbonyl (C=O) groups excluding carboxylic acids is 2. The zero-order valence-corrected chi connectivity index (χ0v) is 15.0. The van der Waals surface area contributed by atoms with Crippen LogP contribution in [0.1, 0.15) is 26.3 Å². The number of thiocarbonyl (C=S) groups is 1. The third kappa shape index (κ3) is 6.50. The van der Waals surface area contributed by atoms with Crippen molar-refractivity contribution < 1.29 is 19.1 Å². The predicted octanol–water partition coefficient (Wildman–Crippen LogP) is 2.28. The van der Waals surface area contributed by atoms with Crippen LogP contribution in [0.15, 0.2) is 18.3 Å². The molecule has 1 aromatic heterocycles. The molecule has 0 aliphatic heterocycles. The zero-order valence-electron chi connectivity index (χ0n) is 13.4. The third-order valence-electron chi connectivity index (χ3n) is 2.60. The molecule has 0 fully saturated rings. The Kier molecular flexibility index (Phi) is 6.90. The topological polar surface area (TPSA) is 77.5 Å². The number of aromatic nitrogens is 1. The number of methoxy groups -OCH3 is 1. The molecule has 0 aromatic carbocycles. The first kappa shape index (κ1) is 19.3. The number of rotatable bonds is 5. The summed E-state index contributed by atoms with van der Waals surface area (Å²) >= 11 is 10.9. The number of hydrogen-bond acceptors (Lipinski definition) is 6. The summed E-state index contributed by atoms with van der Waals surface area (Å²) in [6.07, 6.45) is 1.57. The highest BCUT2D eigenvalue weighted by atomic mass is 35.5. The van der Waals surface area contributed by atoms with E-state index in [1.165, 1.54) is 7.11 Å². The molecule has 0 saturated carbocycles. The summed E-state index contributed by atoms with van der Waals surface area (Å²) in [5, 5.41) is 3.22. The van der Waals surface area contributed by atoms with Gasteiger partial charge in [0.05, 0.1) is 7.11 Å². The molecule has 1 N–H and O–H groups in total. The molecule has 126 valence electrons. The molecule has 1 heterocycles. The van der Waals surface area contributed by atoms with Crippen LogP contribution in [-0.2, 0) is 25.6 Å². The minimum atomic E-state index is -1.31. The molecule has 0 amide bonds. The number of halogens is 1. The molecule has 0 aliphatic rings. The first-order valence-electron chi connectivity index (χ1n) is 6.83. The van der Waals surface area contributed by atoms with Crippen LogP contribution in [0, 0.1) is 5.92 Å². The van der Waals surface area contributed by atoms with Gasteiger partial charge < -0.3 is 14.8 Å². The average Bonchev–Trinajstić information content (AvgIpc) is 2.44. The van der Waals surface area contributed by atoms with Crippen molar-refractivity contribution in [1.82, 2.24) is 10.3 Å². The zero-order chi connectivity index (χ0) is 17.6. The summed E-state index contributed by atoms with van der Waals surface area (Å²) in [5.74, 6) is -2.84. The Bertz CT molecular complexity index is 584. The molecular weight excluding hydrogens is 340 g/mol. The lowest BCUT2D eigenvalue weighted by Crippen LogP contribution is -2.42. The molecular formula is C15H19ClN2O4S. The van der Waals surface area contributed by atoms with Crippen molar-refractivity contribution in [3.63, 3.8) is 0 Å². The van der Waals surface area contributed by atoms with Crippen molar-refractivity contribution in [2.24, 2.45) is 5.92 Å². The highest BCUT2D eigenvalue weighted by Gasteiger charge is 2.35. The summed E-state index contributed by atoms with van der Waals surface area (Å²) in [6, 6.07) is 3.39. The van der Waals surface area contributed by atoms with Crippen molar-refractivity contribution in [3.8, 4) is 0 Å². The van der Waals surface area contributed by atoms with Crippen LogP contribution in [-0.4, -0.2) is 34.6 Å². The molecule has 0 bridgehead atoms. The summed E-state index contributed by atoms with van der Waals surface area (Å²) in [5.41, 5.74) is 0.0588. The van der Waals surface area contributed by atoms with E-state index in [1.807, 2.05) is 0 Å². The van der Waals surface area contributed by atoms with Crippen LogP contribution < -0.4 is 5.32 Å². The van der Waals surface area contributed by atoms with Gasteiger partial charge in [-0.15, -0.1) is 0 Å². The summed E-state index contributed by atoms with van der Waals surface area (Å²) in [6.45, 7) is 5.40. The quantitative estimate of drug-likeness (QED) is 0.374. The molecule has 23 heavy (non-hydrogen) atoms. The Morgan fingerprint density at radius 2 is 2.00 bits per heavy atom. The normalized spacial score (nSPS) is 12.2. The molecule has 1 rings (SSSR count). The fourth-order valence-electron chi connectivity index (χ4n) is 1.59. The van der Waals surface area contributed by atoms with Crippen LogP contribution in [0.2, 0.25) is 5.15 Å². The van der Waals surface area contributed by atoms with Crippen LogP contribution in [0.25, 0.3) is 0 Å². The molecule has 1 aromatic rings. The second-order valence-electron chi connectivity index (χ2n) is 5.70. The van der Waals surface area contributed by atoms with Crippen molar-refractivity contribution in [2.45, 2.75) is 32.9 Å². The maximum atomic E-state index is 12.2. The highest BCUT2D eigenvalue weighted by molar-refractivity contribution is 7.80. The third-order valence-corrected chi connectivity index (χ3v) is 3.20. The monoisotopic (exact) mass is 358 g/mol. The van der Waals surface area contributed by atoms with E-state index in [4.69, 9.17) is 28.6 Å². The lowest BCUT2D eigenvalue weighted by Gasteiger charge is -2.23. The Balaban J connectivity index is 2.77. The lowest BCUT2D eigenvalue weighted by atomic mass is 10.1. The van der Waals surface area contributed by atoms with Gasteiger partial charge in [0.2, 0.25) is 5.92 Å². The standard InChI is InChI=1S/C15H19ClN2O4S/c1-15(2,3)22-14(20)11(13(19)21-4)12(23)18-8-9-5-6-10(16)17-7-9/h5-7,11H,8H2,1-4H3,(H,18,23). The smallest absolute Gasteiger partial charge is 0.327 e. The van der Waals surface area contributed by atoms with Crippen molar-refractivity contribution in [1.29, 1.82) is 0 Å². The molecule has 0 aliphatic carbocycles. The van der Waals surface area contributed by atoms with Crippen LogP contribution >= 0.6 is 23.8 Å². The van der Waals surface area contributed by atoms with Gasteiger partial charge in [0.25, 0.3) is 0 Å². The number of carbonyl (C=O) groups is 2. The SMILES string of the molecule is COC(=O)C(C(=O)OC(C)(C)C)C(=S)NCc1ccc(Cl)nc1. The average molecular weight is 359 g/mol. The highest BCUT2D eigenvalue weighted by Crippen LogP contribution is 2.14. The maximum Gasteiger partial charge on any atom is 0.327 e. The van der Waals surface area contributed by atoms with Crippen LogP contribution in [0.4, 0.5) is 0 Å². The Morgan fingerprint density at radius 1 is 1.35 bits per heavy atom. The van der Waals surface area contributed by atoms with Gasteiger partial charge >= 0.3 is 11.9 Å². The number of hydrogen-bond donors (Lipinski definition) is 1. The van der Waals surface area contributed by atoms with E-state index in [0.29, 0.717) is 11.7 Å². The minimum Gasteiger partial charge on any atom is -0.468 e. The molecule has 0 spiro atoms. The molecule has 0 saturated heterocycles. The lowest BCUT2D eigenvalue weighted by molar-refractivity contribution is -0.164. The van der Waals surface area contributed by atoms with E-state index < -0.39 is 23.5 Å². The van der Waals surface area contributed by atoms with Crippen molar-refractivity contribution in [3.05, 3.63) is 29.0 Å². The molecule has 0 radical (unpaired) electrons. The Morgan fingerprint density at radius 3 is 2.48 bits per heavy atom. The largest absolute Gasteiger partial charge is 0.468 e. The van der Waals surface area contributed by atoms with Gasteiger partial charge in [0, 0.05) is 12.7 Å².